The van der Waals surface area contributed by atoms with Crippen LogP contribution >= 0.6 is 23.0 Å². The highest BCUT2D eigenvalue weighted by molar-refractivity contribution is 14.1. The van der Waals surface area contributed by atoms with Crippen molar-refractivity contribution >= 4 is 23.0 Å². The number of hydrogen-bond donors (Lipinski definition) is 0. The average molecular weight is 242 g/mol. The van der Waals surface area contributed by atoms with E-state index in [-0.39, 0.29) is 0 Å². The van der Waals surface area contributed by atoms with Gasteiger partial charge in [-0.05, 0) is 12.3 Å². The number of halogens is 1. The molecule has 0 saturated heterocycles. The second-order valence-corrected chi connectivity index (χ2v) is 3.15. The minimum Gasteiger partial charge on any atom is -0.316 e. The quantitative estimate of drug-likeness (QED) is 0.673. The Bertz CT molecular complexity index is 56.9. The Balaban J connectivity index is 2.95. The van der Waals surface area contributed by atoms with Crippen LogP contribution in [0.2, 0.25) is 0 Å². The van der Waals surface area contributed by atoms with Gasteiger partial charge in [0.25, 0.3) is 0 Å². The van der Waals surface area contributed by atoms with Gasteiger partial charge in [-0.15, -0.1) is 0 Å². The molecule has 0 heterocycles. The lowest BCUT2D eigenvalue weighted by Crippen LogP contribution is -2.00. The standard InChI is InChI=1S/C7H15IO/c1-3-4-5-7(2)6-9-8/h7H,3-6H2,1-2H3. The van der Waals surface area contributed by atoms with E-state index in [0.717, 1.165) is 12.5 Å². The molecule has 1 atom stereocenters. The molecule has 0 saturated carbocycles. The van der Waals surface area contributed by atoms with E-state index in [1.54, 1.807) is 0 Å². The molecule has 9 heavy (non-hydrogen) atoms. The minimum atomic E-state index is 0.738. The molecule has 2 heteroatoms. The van der Waals surface area contributed by atoms with Crippen molar-refractivity contribution in [1.29, 1.82) is 0 Å². The SMILES string of the molecule is CCCCC(C)COI. The van der Waals surface area contributed by atoms with Gasteiger partial charge < -0.3 is 3.07 Å². The van der Waals surface area contributed by atoms with Gasteiger partial charge in [-0.1, -0.05) is 26.7 Å². The first-order chi connectivity index (χ1) is 4.31. The van der Waals surface area contributed by atoms with E-state index >= 15 is 0 Å². The van der Waals surface area contributed by atoms with Crippen LogP contribution in [-0.2, 0) is 3.07 Å². The lowest BCUT2D eigenvalue weighted by molar-refractivity contribution is 0.321. The Morgan fingerprint density at radius 3 is 2.67 bits per heavy atom. The second-order valence-electron chi connectivity index (χ2n) is 2.52. The predicted molar refractivity (Wildman–Crippen MR) is 48.7 cm³/mol. The molecule has 0 rings (SSSR count). The van der Waals surface area contributed by atoms with Gasteiger partial charge in [0.2, 0.25) is 0 Å². The summed E-state index contributed by atoms with van der Waals surface area (Å²) in [5, 5.41) is 0. The van der Waals surface area contributed by atoms with Crippen molar-refractivity contribution in [3.05, 3.63) is 0 Å². The molecule has 0 aromatic heterocycles. The first-order valence-electron chi connectivity index (χ1n) is 3.54. The predicted octanol–water partition coefficient (Wildman–Crippen LogP) is 3.18. The number of rotatable bonds is 5. The van der Waals surface area contributed by atoms with Gasteiger partial charge in [-0.3, -0.25) is 0 Å². The summed E-state index contributed by atoms with van der Waals surface area (Å²) in [7, 11) is 0. The molecule has 0 amide bonds. The van der Waals surface area contributed by atoms with Gasteiger partial charge >= 0.3 is 0 Å². The smallest absolute Gasteiger partial charge is 0.109 e. The highest BCUT2D eigenvalue weighted by Crippen LogP contribution is 2.08. The van der Waals surface area contributed by atoms with Crippen LogP contribution in [0.4, 0.5) is 0 Å². The lowest BCUT2D eigenvalue weighted by atomic mass is 10.1. The molecule has 0 spiro atoms. The Labute approximate surface area is 71.9 Å². The van der Waals surface area contributed by atoms with Crippen molar-refractivity contribution in [2.24, 2.45) is 5.92 Å². The van der Waals surface area contributed by atoms with Crippen molar-refractivity contribution in [3.63, 3.8) is 0 Å². The molecule has 0 aromatic rings. The Morgan fingerprint density at radius 1 is 1.56 bits per heavy atom. The summed E-state index contributed by atoms with van der Waals surface area (Å²) in [4.78, 5) is 0. The van der Waals surface area contributed by atoms with E-state index in [9.17, 15) is 0 Å². The average Bonchev–Trinajstić information content (AvgIpc) is 1.85. The van der Waals surface area contributed by atoms with Gasteiger partial charge in [-0.2, -0.15) is 0 Å². The van der Waals surface area contributed by atoms with Crippen molar-refractivity contribution < 1.29 is 3.07 Å². The number of hydrogen-bond acceptors (Lipinski definition) is 1. The van der Waals surface area contributed by atoms with Crippen LogP contribution in [0.15, 0.2) is 0 Å². The van der Waals surface area contributed by atoms with Crippen molar-refractivity contribution in [2.45, 2.75) is 33.1 Å². The van der Waals surface area contributed by atoms with E-state index in [1.165, 1.54) is 19.3 Å². The van der Waals surface area contributed by atoms with E-state index < -0.39 is 0 Å². The molecule has 0 N–H and O–H groups in total. The highest BCUT2D eigenvalue weighted by atomic mass is 127. The van der Waals surface area contributed by atoms with E-state index in [1.807, 2.05) is 23.0 Å². The summed E-state index contributed by atoms with van der Waals surface area (Å²) in [5.41, 5.74) is 0. The van der Waals surface area contributed by atoms with Crippen LogP contribution in [0.1, 0.15) is 33.1 Å². The highest BCUT2D eigenvalue weighted by Gasteiger charge is 1.98. The van der Waals surface area contributed by atoms with Crippen molar-refractivity contribution in [2.75, 3.05) is 6.61 Å². The van der Waals surface area contributed by atoms with Crippen LogP contribution in [0, 0.1) is 5.92 Å². The lowest BCUT2D eigenvalue weighted by Gasteiger charge is -2.06. The molecule has 1 nitrogen and oxygen atoms in total. The molecule has 0 aliphatic carbocycles. The number of unbranched alkanes of at least 4 members (excludes halogenated alkanes) is 1. The third-order valence-electron chi connectivity index (χ3n) is 1.40. The van der Waals surface area contributed by atoms with E-state index in [0.29, 0.717) is 0 Å². The van der Waals surface area contributed by atoms with Gasteiger partial charge in [0.05, 0.1) is 6.61 Å². The van der Waals surface area contributed by atoms with Gasteiger partial charge in [0.1, 0.15) is 23.0 Å². The first kappa shape index (κ1) is 9.69. The Morgan fingerprint density at radius 2 is 2.22 bits per heavy atom. The largest absolute Gasteiger partial charge is 0.316 e. The molecule has 0 aromatic carbocycles. The maximum Gasteiger partial charge on any atom is 0.109 e. The van der Waals surface area contributed by atoms with Crippen molar-refractivity contribution in [1.82, 2.24) is 0 Å². The van der Waals surface area contributed by atoms with Gasteiger partial charge in [0, 0.05) is 0 Å². The van der Waals surface area contributed by atoms with Gasteiger partial charge in [-0.25, -0.2) is 0 Å². The fraction of sp³-hybridized carbons (Fsp3) is 1.00. The summed E-state index contributed by atoms with van der Waals surface area (Å²) in [6.45, 7) is 5.35. The van der Waals surface area contributed by atoms with Gasteiger partial charge in [0.15, 0.2) is 0 Å². The molecular formula is C7H15IO. The molecule has 1 unspecified atom stereocenters. The molecule has 56 valence electrons. The van der Waals surface area contributed by atoms with E-state index in [4.69, 9.17) is 3.07 Å². The fourth-order valence-electron chi connectivity index (χ4n) is 0.743. The van der Waals surface area contributed by atoms with Crippen LogP contribution in [0.5, 0.6) is 0 Å². The second kappa shape index (κ2) is 6.81. The Kier molecular flexibility index (Phi) is 7.33. The molecule has 0 radical (unpaired) electrons. The molecular weight excluding hydrogens is 227 g/mol. The fourth-order valence-corrected chi connectivity index (χ4v) is 1.36. The summed E-state index contributed by atoms with van der Waals surface area (Å²) < 4.78 is 4.97. The molecule has 0 bridgehead atoms. The maximum atomic E-state index is 4.97. The maximum absolute atomic E-state index is 4.97. The molecule has 0 aliphatic rings. The van der Waals surface area contributed by atoms with Crippen molar-refractivity contribution in [3.8, 4) is 0 Å². The summed E-state index contributed by atoms with van der Waals surface area (Å²) in [6, 6.07) is 0. The zero-order valence-electron chi connectivity index (χ0n) is 6.19. The van der Waals surface area contributed by atoms with Crippen LogP contribution in [0.3, 0.4) is 0 Å². The topological polar surface area (TPSA) is 9.23 Å². The van der Waals surface area contributed by atoms with Crippen LogP contribution < -0.4 is 0 Å². The Hall–Kier alpha value is 0.690. The van der Waals surface area contributed by atoms with Crippen LogP contribution in [-0.4, -0.2) is 6.61 Å². The first-order valence-corrected chi connectivity index (χ1v) is 4.42. The zero-order chi connectivity index (χ0) is 7.11. The van der Waals surface area contributed by atoms with Crippen LogP contribution in [0.25, 0.3) is 0 Å². The monoisotopic (exact) mass is 242 g/mol. The summed E-state index contributed by atoms with van der Waals surface area (Å²) >= 11 is 1.95. The zero-order valence-corrected chi connectivity index (χ0v) is 8.35. The minimum absolute atomic E-state index is 0.738. The summed E-state index contributed by atoms with van der Waals surface area (Å²) in [5.74, 6) is 0.738. The molecule has 0 fully saturated rings. The normalized spacial score (nSPS) is 13.7. The third-order valence-corrected chi connectivity index (χ3v) is 1.76. The molecule has 0 aliphatic heterocycles. The summed E-state index contributed by atoms with van der Waals surface area (Å²) in [6.07, 6.45) is 3.94. The third kappa shape index (κ3) is 6.58. The van der Waals surface area contributed by atoms with E-state index in [2.05, 4.69) is 13.8 Å².